The number of hydrogen-bond donors (Lipinski definition) is 0. The van der Waals surface area contributed by atoms with E-state index in [1.165, 1.54) is 31.2 Å². The van der Waals surface area contributed by atoms with Crippen molar-refractivity contribution < 1.29 is 9.53 Å². The van der Waals surface area contributed by atoms with Crippen LogP contribution in [-0.2, 0) is 9.53 Å². The lowest BCUT2D eigenvalue weighted by Gasteiger charge is -2.50. The summed E-state index contributed by atoms with van der Waals surface area (Å²) < 4.78 is 5.23. The van der Waals surface area contributed by atoms with Crippen molar-refractivity contribution in [2.45, 2.75) is 44.1 Å². The zero-order chi connectivity index (χ0) is 17.3. The molecule has 1 aromatic carbocycles. The molecule has 4 heteroatoms. The van der Waals surface area contributed by atoms with E-state index < -0.39 is 0 Å². The minimum atomic E-state index is 0.0566. The standard InChI is InChI=1S/C21H30N2O2/c1-25-14-13-22-11-9-21(10-12-22)15-19(17-5-3-2-4-6-17)20(24)23(16-21)18-7-8-18/h2-6,18-19H,7-16H2,1H3. The highest BCUT2D eigenvalue weighted by atomic mass is 16.5. The lowest BCUT2D eigenvalue weighted by molar-refractivity contribution is -0.142. The summed E-state index contributed by atoms with van der Waals surface area (Å²) in [6, 6.07) is 11.0. The molecule has 2 heterocycles. The van der Waals surface area contributed by atoms with Crippen LogP contribution in [0.25, 0.3) is 0 Å². The average Bonchev–Trinajstić information content (AvgIpc) is 3.49. The number of ether oxygens (including phenoxy) is 1. The molecule has 1 amide bonds. The van der Waals surface area contributed by atoms with Crippen LogP contribution in [-0.4, -0.2) is 61.6 Å². The molecule has 1 spiro atoms. The molecule has 1 unspecified atom stereocenters. The second-order valence-electron chi connectivity index (χ2n) is 8.20. The molecule has 3 aliphatic rings. The summed E-state index contributed by atoms with van der Waals surface area (Å²) in [6.45, 7) is 5.10. The molecule has 1 aromatic rings. The molecule has 0 radical (unpaired) electrons. The predicted octanol–water partition coefficient (Wildman–Crippen LogP) is 2.89. The normalized spacial score (nSPS) is 27.0. The molecule has 1 atom stereocenters. The maximum Gasteiger partial charge on any atom is 0.230 e. The molecule has 0 bridgehead atoms. The van der Waals surface area contributed by atoms with Crippen LogP contribution in [0, 0.1) is 5.41 Å². The van der Waals surface area contributed by atoms with Crippen LogP contribution in [0.15, 0.2) is 30.3 Å². The van der Waals surface area contributed by atoms with E-state index in [9.17, 15) is 4.79 Å². The third kappa shape index (κ3) is 3.61. The molecule has 1 aliphatic carbocycles. The van der Waals surface area contributed by atoms with Crippen LogP contribution in [0.5, 0.6) is 0 Å². The smallest absolute Gasteiger partial charge is 0.230 e. The number of nitrogens with zero attached hydrogens (tertiary/aromatic N) is 2. The Morgan fingerprint density at radius 2 is 1.88 bits per heavy atom. The van der Waals surface area contributed by atoms with E-state index in [1.54, 1.807) is 7.11 Å². The lowest BCUT2D eigenvalue weighted by atomic mass is 9.67. The van der Waals surface area contributed by atoms with Gasteiger partial charge in [0, 0.05) is 26.2 Å². The second-order valence-corrected chi connectivity index (χ2v) is 8.20. The first-order valence-corrected chi connectivity index (χ1v) is 9.77. The van der Waals surface area contributed by atoms with Crippen molar-refractivity contribution in [1.29, 1.82) is 0 Å². The van der Waals surface area contributed by atoms with Gasteiger partial charge in [-0.3, -0.25) is 4.79 Å². The van der Waals surface area contributed by atoms with E-state index in [2.05, 4.69) is 34.1 Å². The summed E-state index contributed by atoms with van der Waals surface area (Å²) in [5.41, 5.74) is 1.51. The van der Waals surface area contributed by atoms with Gasteiger partial charge in [-0.25, -0.2) is 0 Å². The van der Waals surface area contributed by atoms with E-state index in [0.29, 0.717) is 17.4 Å². The van der Waals surface area contributed by atoms with Crippen molar-refractivity contribution in [2.75, 3.05) is 39.9 Å². The summed E-state index contributed by atoms with van der Waals surface area (Å²) in [4.78, 5) is 17.9. The van der Waals surface area contributed by atoms with Gasteiger partial charge in [0.1, 0.15) is 0 Å². The zero-order valence-corrected chi connectivity index (χ0v) is 15.3. The van der Waals surface area contributed by atoms with Crippen molar-refractivity contribution in [1.82, 2.24) is 9.80 Å². The first kappa shape index (κ1) is 17.0. The van der Waals surface area contributed by atoms with Crippen LogP contribution in [0.2, 0.25) is 0 Å². The van der Waals surface area contributed by atoms with Crippen LogP contribution < -0.4 is 0 Å². The Balaban J connectivity index is 1.51. The first-order valence-electron chi connectivity index (χ1n) is 9.77. The number of carbonyl (C=O) groups is 1. The predicted molar refractivity (Wildman–Crippen MR) is 98.5 cm³/mol. The Labute approximate surface area is 151 Å². The Kier molecular flexibility index (Phi) is 4.83. The summed E-state index contributed by atoms with van der Waals surface area (Å²) in [5.74, 6) is 0.433. The van der Waals surface area contributed by atoms with E-state index in [4.69, 9.17) is 4.74 Å². The number of rotatable bonds is 5. The minimum Gasteiger partial charge on any atom is -0.383 e. The Bertz CT molecular complexity index is 591. The molecular formula is C21H30N2O2. The van der Waals surface area contributed by atoms with Gasteiger partial charge in [0.15, 0.2) is 0 Å². The van der Waals surface area contributed by atoms with Crippen molar-refractivity contribution in [3.63, 3.8) is 0 Å². The lowest BCUT2D eigenvalue weighted by Crippen LogP contribution is -2.54. The molecule has 25 heavy (non-hydrogen) atoms. The zero-order valence-electron chi connectivity index (χ0n) is 15.3. The van der Waals surface area contributed by atoms with Gasteiger partial charge in [-0.15, -0.1) is 0 Å². The quantitative estimate of drug-likeness (QED) is 0.825. The number of benzene rings is 1. The van der Waals surface area contributed by atoms with Crippen LogP contribution >= 0.6 is 0 Å². The maximum absolute atomic E-state index is 13.1. The minimum absolute atomic E-state index is 0.0566. The van der Waals surface area contributed by atoms with Crippen molar-refractivity contribution in [3.05, 3.63) is 35.9 Å². The second kappa shape index (κ2) is 7.08. The van der Waals surface area contributed by atoms with Crippen molar-refractivity contribution in [3.8, 4) is 0 Å². The summed E-state index contributed by atoms with van der Waals surface area (Å²) in [6.07, 6.45) is 5.83. The van der Waals surface area contributed by atoms with Gasteiger partial charge < -0.3 is 14.5 Å². The summed E-state index contributed by atoms with van der Waals surface area (Å²) >= 11 is 0. The first-order chi connectivity index (χ1) is 12.2. The third-order valence-electron chi connectivity index (χ3n) is 6.44. The van der Waals surface area contributed by atoms with Gasteiger partial charge in [0.25, 0.3) is 0 Å². The number of likely N-dealkylation sites (tertiary alicyclic amines) is 2. The highest BCUT2D eigenvalue weighted by Crippen LogP contribution is 2.48. The maximum atomic E-state index is 13.1. The molecule has 2 aliphatic heterocycles. The van der Waals surface area contributed by atoms with E-state index >= 15 is 0 Å². The molecule has 0 aromatic heterocycles. The Morgan fingerprint density at radius 1 is 1.16 bits per heavy atom. The van der Waals surface area contributed by atoms with Crippen LogP contribution in [0.4, 0.5) is 0 Å². The number of piperidine rings is 2. The fourth-order valence-corrected chi connectivity index (χ4v) is 4.70. The van der Waals surface area contributed by atoms with E-state index in [-0.39, 0.29) is 5.92 Å². The average molecular weight is 342 g/mol. The fourth-order valence-electron chi connectivity index (χ4n) is 4.70. The van der Waals surface area contributed by atoms with Crippen LogP contribution in [0.1, 0.15) is 43.6 Å². The monoisotopic (exact) mass is 342 g/mol. The van der Waals surface area contributed by atoms with Gasteiger partial charge in [-0.1, -0.05) is 30.3 Å². The van der Waals surface area contributed by atoms with Gasteiger partial charge >= 0.3 is 0 Å². The number of amides is 1. The van der Waals surface area contributed by atoms with E-state index in [1.807, 2.05) is 6.07 Å². The molecule has 2 saturated heterocycles. The Hall–Kier alpha value is -1.39. The van der Waals surface area contributed by atoms with Crippen molar-refractivity contribution in [2.24, 2.45) is 5.41 Å². The van der Waals surface area contributed by atoms with Crippen LogP contribution in [0.3, 0.4) is 0 Å². The SMILES string of the molecule is COCCN1CCC2(CC1)CC(c1ccccc1)C(=O)N(C1CC1)C2. The third-order valence-corrected chi connectivity index (χ3v) is 6.44. The number of hydrogen-bond acceptors (Lipinski definition) is 3. The molecule has 1 saturated carbocycles. The van der Waals surface area contributed by atoms with Gasteiger partial charge in [-0.05, 0) is 56.2 Å². The van der Waals surface area contributed by atoms with E-state index in [0.717, 1.165) is 39.2 Å². The van der Waals surface area contributed by atoms with Crippen molar-refractivity contribution >= 4 is 5.91 Å². The van der Waals surface area contributed by atoms with Gasteiger partial charge in [0.05, 0.1) is 12.5 Å². The topological polar surface area (TPSA) is 32.8 Å². The van der Waals surface area contributed by atoms with Gasteiger partial charge in [0.2, 0.25) is 5.91 Å². The fraction of sp³-hybridized carbons (Fsp3) is 0.667. The number of methoxy groups -OCH3 is 1. The number of carbonyl (C=O) groups excluding carboxylic acids is 1. The molecule has 4 rings (SSSR count). The summed E-state index contributed by atoms with van der Waals surface area (Å²) in [7, 11) is 1.77. The highest BCUT2D eigenvalue weighted by Gasteiger charge is 2.49. The molecule has 4 nitrogen and oxygen atoms in total. The molecule has 0 N–H and O–H groups in total. The molecular weight excluding hydrogens is 312 g/mol. The molecule has 136 valence electrons. The summed E-state index contributed by atoms with van der Waals surface area (Å²) in [5, 5.41) is 0. The Morgan fingerprint density at radius 3 is 2.52 bits per heavy atom. The molecule has 3 fully saturated rings. The van der Waals surface area contributed by atoms with Gasteiger partial charge in [-0.2, -0.15) is 0 Å². The largest absolute Gasteiger partial charge is 0.383 e. The highest BCUT2D eigenvalue weighted by molar-refractivity contribution is 5.85.